The fraction of sp³-hybridized carbons (Fsp3) is 0.308. The molecular formula is C13H11ClF3N. The maximum Gasteiger partial charge on any atom is 0.196 e. The van der Waals surface area contributed by atoms with Crippen molar-refractivity contribution in [1.29, 1.82) is 0 Å². The molecule has 0 spiro atoms. The molecule has 0 aliphatic heterocycles. The van der Waals surface area contributed by atoms with E-state index in [2.05, 4.69) is 4.98 Å². The number of aryl methyl sites for hydroxylation is 1. The average Bonchev–Trinajstić information content (AvgIpc) is 2.28. The van der Waals surface area contributed by atoms with E-state index in [-0.39, 0.29) is 21.8 Å². The third kappa shape index (κ3) is 1.85. The zero-order valence-corrected chi connectivity index (χ0v) is 10.9. The summed E-state index contributed by atoms with van der Waals surface area (Å²) in [4.78, 5) is 3.99. The Morgan fingerprint density at radius 3 is 2.33 bits per heavy atom. The Hall–Kier alpha value is -1.29. The number of rotatable bonds is 1. The first-order chi connectivity index (χ1) is 8.34. The van der Waals surface area contributed by atoms with Gasteiger partial charge in [0.2, 0.25) is 0 Å². The summed E-state index contributed by atoms with van der Waals surface area (Å²) in [7, 11) is 0. The molecule has 0 N–H and O–H groups in total. The Morgan fingerprint density at radius 1 is 1.17 bits per heavy atom. The van der Waals surface area contributed by atoms with Crippen molar-refractivity contribution in [3.05, 3.63) is 39.8 Å². The lowest BCUT2D eigenvalue weighted by atomic mass is 9.99. The van der Waals surface area contributed by atoms with Crippen LogP contribution in [0.25, 0.3) is 10.9 Å². The van der Waals surface area contributed by atoms with Crippen LogP contribution in [0.15, 0.2) is 6.07 Å². The minimum absolute atomic E-state index is 0.0607. The van der Waals surface area contributed by atoms with Crippen LogP contribution in [0, 0.1) is 24.4 Å². The topological polar surface area (TPSA) is 12.9 Å². The van der Waals surface area contributed by atoms with Gasteiger partial charge >= 0.3 is 0 Å². The summed E-state index contributed by atoms with van der Waals surface area (Å²) in [5, 5.41) is 0.327. The molecule has 0 unspecified atom stereocenters. The molecule has 1 aromatic heterocycles. The van der Waals surface area contributed by atoms with E-state index in [9.17, 15) is 13.2 Å². The van der Waals surface area contributed by atoms with E-state index in [1.807, 2.05) is 13.8 Å². The summed E-state index contributed by atoms with van der Waals surface area (Å²) in [6, 6.07) is 0.883. The molecule has 0 saturated heterocycles. The normalized spacial score (nSPS) is 11.6. The van der Waals surface area contributed by atoms with Gasteiger partial charge in [0.25, 0.3) is 0 Å². The molecule has 0 fully saturated rings. The van der Waals surface area contributed by atoms with Crippen LogP contribution in [0.4, 0.5) is 13.2 Å². The van der Waals surface area contributed by atoms with Crippen LogP contribution >= 0.6 is 11.6 Å². The van der Waals surface area contributed by atoms with Gasteiger partial charge in [-0.05, 0) is 24.5 Å². The summed E-state index contributed by atoms with van der Waals surface area (Å²) < 4.78 is 40.0. The fourth-order valence-electron chi connectivity index (χ4n) is 2.07. The SMILES string of the molecule is Cc1nc2c(F)c(F)c(F)cc2c(Cl)c1C(C)C. The highest BCUT2D eigenvalue weighted by molar-refractivity contribution is 6.36. The standard InChI is InChI=1S/C13H11ClF3N/c1-5(2)9-6(3)18-13-7(10(9)14)4-8(15)11(16)12(13)17/h4-5H,1-3H3. The molecule has 1 heterocycles. The van der Waals surface area contributed by atoms with Crippen molar-refractivity contribution in [3.8, 4) is 0 Å². The number of nitrogens with zero attached hydrogens (tertiary/aromatic N) is 1. The molecule has 5 heteroatoms. The molecule has 0 atom stereocenters. The van der Waals surface area contributed by atoms with Crippen molar-refractivity contribution < 1.29 is 13.2 Å². The van der Waals surface area contributed by atoms with E-state index in [1.54, 1.807) is 6.92 Å². The number of pyridine rings is 1. The van der Waals surface area contributed by atoms with Crippen molar-refractivity contribution in [1.82, 2.24) is 4.98 Å². The van der Waals surface area contributed by atoms with Gasteiger partial charge in [-0.25, -0.2) is 18.2 Å². The molecule has 0 aliphatic rings. The van der Waals surface area contributed by atoms with Gasteiger partial charge in [0, 0.05) is 11.1 Å². The highest BCUT2D eigenvalue weighted by Crippen LogP contribution is 2.35. The zero-order chi connectivity index (χ0) is 13.6. The van der Waals surface area contributed by atoms with E-state index in [0.29, 0.717) is 5.69 Å². The first-order valence-electron chi connectivity index (χ1n) is 5.47. The average molecular weight is 274 g/mol. The van der Waals surface area contributed by atoms with E-state index < -0.39 is 17.5 Å². The van der Waals surface area contributed by atoms with Gasteiger partial charge < -0.3 is 0 Å². The second-order valence-electron chi connectivity index (χ2n) is 4.46. The van der Waals surface area contributed by atoms with E-state index in [0.717, 1.165) is 11.6 Å². The molecule has 2 rings (SSSR count). The molecule has 0 radical (unpaired) electrons. The number of hydrogen-bond acceptors (Lipinski definition) is 1. The second-order valence-corrected chi connectivity index (χ2v) is 4.84. The Morgan fingerprint density at radius 2 is 1.78 bits per heavy atom. The third-order valence-corrected chi connectivity index (χ3v) is 3.26. The van der Waals surface area contributed by atoms with E-state index in [1.165, 1.54) is 0 Å². The second kappa shape index (κ2) is 4.43. The smallest absolute Gasteiger partial charge is 0.196 e. The molecule has 0 amide bonds. The van der Waals surface area contributed by atoms with Crippen LogP contribution in [0.2, 0.25) is 5.02 Å². The van der Waals surface area contributed by atoms with E-state index in [4.69, 9.17) is 11.6 Å². The Labute approximate surface area is 108 Å². The molecule has 96 valence electrons. The van der Waals surface area contributed by atoms with Crippen LogP contribution < -0.4 is 0 Å². The largest absolute Gasteiger partial charge is 0.250 e. The van der Waals surface area contributed by atoms with Crippen LogP contribution in [-0.4, -0.2) is 4.98 Å². The van der Waals surface area contributed by atoms with Gasteiger partial charge in [0.05, 0.1) is 5.02 Å². The predicted molar refractivity (Wildman–Crippen MR) is 65.5 cm³/mol. The van der Waals surface area contributed by atoms with Crippen LogP contribution in [0.3, 0.4) is 0 Å². The number of aromatic nitrogens is 1. The molecule has 0 bridgehead atoms. The Bertz CT molecular complexity index is 638. The molecule has 18 heavy (non-hydrogen) atoms. The minimum Gasteiger partial charge on any atom is -0.250 e. The van der Waals surface area contributed by atoms with Crippen LogP contribution in [0.1, 0.15) is 31.0 Å². The number of halogens is 4. The monoisotopic (exact) mass is 273 g/mol. The van der Waals surface area contributed by atoms with Gasteiger partial charge in [-0.2, -0.15) is 0 Å². The number of hydrogen-bond donors (Lipinski definition) is 0. The highest BCUT2D eigenvalue weighted by Gasteiger charge is 2.20. The number of benzene rings is 1. The summed E-state index contributed by atoms with van der Waals surface area (Å²) >= 11 is 6.14. The lowest BCUT2D eigenvalue weighted by Crippen LogP contribution is -2.02. The predicted octanol–water partition coefficient (Wildman–Crippen LogP) is 4.74. The van der Waals surface area contributed by atoms with Gasteiger partial charge in [-0.1, -0.05) is 25.4 Å². The fourth-order valence-corrected chi connectivity index (χ4v) is 2.56. The van der Waals surface area contributed by atoms with Crippen molar-refractivity contribution in [2.45, 2.75) is 26.7 Å². The lowest BCUT2D eigenvalue weighted by molar-refractivity contribution is 0.452. The van der Waals surface area contributed by atoms with Gasteiger partial charge in [0.1, 0.15) is 5.52 Å². The Kier molecular flexibility index (Phi) is 3.23. The summed E-state index contributed by atoms with van der Waals surface area (Å²) in [6.07, 6.45) is 0. The first kappa shape index (κ1) is 13.1. The van der Waals surface area contributed by atoms with Crippen molar-refractivity contribution in [2.75, 3.05) is 0 Å². The molecule has 0 aliphatic carbocycles. The molecule has 0 saturated carbocycles. The van der Waals surface area contributed by atoms with E-state index >= 15 is 0 Å². The van der Waals surface area contributed by atoms with Crippen molar-refractivity contribution in [3.63, 3.8) is 0 Å². The number of fused-ring (bicyclic) bond motifs is 1. The van der Waals surface area contributed by atoms with Gasteiger partial charge in [0.15, 0.2) is 17.5 Å². The highest BCUT2D eigenvalue weighted by atomic mass is 35.5. The van der Waals surface area contributed by atoms with Crippen molar-refractivity contribution >= 4 is 22.5 Å². The summed E-state index contributed by atoms with van der Waals surface area (Å²) in [5.41, 5.74) is 1.00. The molecule has 1 nitrogen and oxygen atoms in total. The maximum absolute atomic E-state index is 13.6. The zero-order valence-electron chi connectivity index (χ0n) is 10.1. The van der Waals surface area contributed by atoms with Gasteiger partial charge in [-0.15, -0.1) is 0 Å². The van der Waals surface area contributed by atoms with Crippen LogP contribution in [-0.2, 0) is 0 Å². The maximum atomic E-state index is 13.6. The van der Waals surface area contributed by atoms with Gasteiger partial charge in [-0.3, -0.25) is 0 Å². The Balaban J connectivity index is 2.96. The third-order valence-electron chi connectivity index (χ3n) is 2.86. The summed E-state index contributed by atoms with van der Waals surface area (Å²) in [6.45, 7) is 5.47. The first-order valence-corrected chi connectivity index (χ1v) is 5.85. The lowest BCUT2D eigenvalue weighted by Gasteiger charge is -2.14. The summed E-state index contributed by atoms with van der Waals surface area (Å²) in [5.74, 6) is -4.03. The molecule has 2 aromatic rings. The molecule has 1 aromatic carbocycles. The van der Waals surface area contributed by atoms with Crippen LogP contribution in [0.5, 0.6) is 0 Å². The minimum atomic E-state index is -1.53. The van der Waals surface area contributed by atoms with Crippen molar-refractivity contribution in [2.24, 2.45) is 0 Å². The quantitative estimate of drug-likeness (QED) is 0.684. The molecular weight excluding hydrogens is 263 g/mol.